The lowest BCUT2D eigenvalue weighted by atomic mass is 9.93. The number of hydrogen-bond donors (Lipinski definition) is 1. The van der Waals surface area contributed by atoms with Crippen LogP contribution in [-0.4, -0.2) is 35.1 Å². The molecule has 0 amide bonds. The summed E-state index contributed by atoms with van der Waals surface area (Å²) in [5.41, 5.74) is 5.10. The van der Waals surface area contributed by atoms with Crippen molar-refractivity contribution in [1.29, 1.82) is 0 Å². The van der Waals surface area contributed by atoms with Crippen LogP contribution in [0.1, 0.15) is 35.6 Å². The molecule has 1 saturated heterocycles. The molecule has 4 nitrogen and oxygen atoms in total. The van der Waals surface area contributed by atoms with Gasteiger partial charge in [-0.15, -0.1) is 0 Å². The number of H-pyrrole nitrogens is 1. The number of fused-ring (bicyclic) bond motifs is 1. The third-order valence-corrected chi connectivity index (χ3v) is 5.06. The molecule has 3 aromatic rings. The second-order valence-electron chi connectivity index (χ2n) is 6.96. The monoisotopic (exact) mass is 335 g/mol. The molecule has 3 heterocycles. The minimum absolute atomic E-state index is 0.545. The third kappa shape index (κ3) is 3.60. The predicted molar refractivity (Wildman–Crippen MR) is 101 cm³/mol. The van der Waals surface area contributed by atoms with Gasteiger partial charge in [-0.3, -0.25) is 4.90 Å². The van der Waals surface area contributed by atoms with Gasteiger partial charge in [0.15, 0.2) is 0 Å². The molecule has 25 heavy (non-hydrogen) atoms. The Hall–Kier alpha value is -2.17. The summed E-state index contributed by atoms with van der Waals surface area (Å²) in [5, 5.41) is 1.25. The lowest BCUT2D eigenvalue weighted by Crippen LogP contribution is -2.20. The average Bonchev–Trinajstić information content (AvgIpc) is 3.02. The summed E-state index contributed by atoms with van der Waals surface area (Å²) in [7, 11) is 2.19. The zero-order valence-electron chi connectivity index (χ0n) is 14.7. The lowest BCUT2D eigenvalue weighted by molar-refractivity contribution is 0.0843. The summed E-state index contributed by atoms with van der Waals surface area (Å²) in [6, 6.07) is 14.9. The zero-order valence-corrected chi connectivity index (χ0v) is 14.7. The molecule has 2 aromatic heterocycles. The van der Waals surface area contributed by atoms with Crippen LogP contribution in [0.15, 0.2) is 48.7 Å². The highest BCUT2D eigenvalue weighted by molar-refractivity contribution is 5.81. The summed E-state index contributed by atoms with van der Waals surface area (Å²) < 4.78 is 5.56. The fraction of sp³-hybridized carbons (Fsp3) is 0.381. The smallest absolute Gasteiger partial charge is 0.137 e. The van der Waals surface area contributed by atoms with Gasteiger partial charge in [-0.1, -0.05) is 30.3 Å². The number of rotatable bonds is 5. The summed E-state index contributed by atoms with van der Waals surface area (Å²) in [4.78, 5) is 10.5. The van der Waals surface area contributed by atoms with E-state index >= 15 is 0 Å². The topological polar surface area (TPSA) is 41.1 Å². The van der Waals surface area contributed by atoms with Crippen LogP contribution in [0.3, 0.4) is 0 Å². The van der Waals surface area contributed by atoms with E-state index in [1.54, 1.807) is 0 Å². The van der Waals surface area contributed by atoms with Crippen LogP contribution in [0.2, 0.25) is 0 Å². The molecule has 0 spiro atoms. The molecule has 1 aliphatic rings. The van der Waals surface area contributed by atoms with Crippen molar-refractivity contribution in [3.8, 4) is 0 Å². The van der Waals surface area contributed by atoms with E-state index in [0.29, 0.717) is 5.92 Å². The number of pyridine rings is 1. The van der Waals surface area contributed by atoms with Crippen LogP contribution in [0.5, 0.6) is 0 Å². The maximum Gasteiger partial charge on any atom is 0.137 e. The number of ether oxygens (including phenoxy) is 1. The second-order valence-corrected chi connectivity index (χ2v) is 6.96. The Morgan fingerprint density at radius 2 is 1.88 bits per heavy atom. The van der Waals surface area contributed by atoms with Crippen molar-refractivity contribution in [2.45, 2.75) is 31.8 Å². The van der Waals surface area contributed by atoms with E-state index in [1.807, 2.05) is 12.3 Å². The molecule has 1 fully saturated rings. The fourth-order valence-corrected chi connectivity index (χ4v) is 3.82. The molecule has 1 aromatic carbocycles. The minimum atomic E-state index is 0.545. The molecule has 0 saturated carbocycles. The van der Waals surface area contributed by atoms with E-state index in [9.17, 15) is 0 Å². The van der Waals surface area contributed by atoms with Crippen molar-refractivity contribution in [3.63, 3.8) is 0 Å². The number of nitrogens with zero attached hydrogens (tertiary/aromatic N) is 2. The highest BCUT2D eigenvalue weighted by atomic mass is 16.5. The molecule has 1 aliphatic heterocycles. The Morgan fingerprint density at radius 3 is 2.68 bits per heavy atom. The first-order valence-electron chi connectivity index (χ1n) is 9.07. The summed E-state index contributed by atoms with van der Waals surface area (Å²) in [5.74, 6) is 0.545. The number of aromatic amines is 1. The van der Waals surface area contributed by atoms with Gasteiger partial charge < -0.3 is 9.72 Å². The third-order valence-electron chi connectivity index (χ3n) is 5.06. The molecule has 0 bridgehead atoms. The number of hydrogen-bond acceptors (Lipinski definition) is 3. The maximum absolute atomic E-state index is 5.56. The number of benzene rings is 1. The first-order chi connectivity index (χ1) is 12.3. The van der Waals surface area contributed by atoms with E-state index in [-0.39, 0.29) is 0 Å². The molecular formula is C21H25N3O. The van der Waals surface area contributed by atoms with E-state index in [4.69, 9.17) is 4.74 Å². The van der Waals surface area contributed by atoms with Crippen molar-refractivity contribution in [2.75, 3.05) is 20.3 Å². The molecule has 130 valence electrons. The number of nitrogens with one attached hydrogen (secondary N) is 1. The van der Waals surface area contributed by atoms with Crippen LogP contribution >= 0.6 is 0 Å². The van der Waals surface area contributed by atoms with Gasteiger partial charge in [0.05, 0.1) is 0 Å². The molecule has 4 heteroatoms. The van der Waals surface area contributed by atoms with Crippen LogP contribution in [-0.2, 0) is 17.8 Å². The number of aromatic nitrogens is 2. The van der Waals surface area contributed by atoms with Gasteiger partial charge in [-0.05, 0) is 43.1 Å². The Morgan fingerprint density at radius 1 is 1.08 bits per heavy atom. The molecular weight excluding hydrogens is 310 g/mol. The van der Waals surface area contributed by atoms with Crippen LogP contribution in [0, 0.1) is 0 Å². The first-order valence-corrected chi connectivity index (χ1v) is 9.07. The van der Waals surface area contributed by atoms with Gasteiger partial charge in [0, 0.05) is 49.5 Å². The largest absolute Gasteiger partial charge is 0.381 e. The Kier molecular flexibility index (Phi) is 4.81. The van der Waals surface area contributed by atoms with Crippen molar-refractivity contribution in [2.24, 2.45) is 0 Å². The molecule has 1 N–H and O–H groups in total. The Labute approximate surface area is 148 Å². The van der Waals surface area contributed by atoms with E-state index in [1.165, 1.54) is 22.2 Å². The molecule has 0 radical (unpaired) electrons. The quantitative estimate of drug-likeness (QED) is 0.763. The summed E-state index contributed by atoms with van der Waals surface area (Å²) in [6.45, 7) is 3.58. The molecule has 0 unspecified atom stereocenters. The lowest BCUT2D eigenvalue weighted by Gasteiger charge is -2.24. The highest BCUT2D eigenvalue weighted by Gasteiger charge is 2.23. The standard InChI is InChI=1S/C21H25N3O/c1-24(14-16-6-3-2-4-7-16)15-19-18-8-5-11-22-21(18)23-20(19)17-9-12-25-13-10-17/h2-8,11,17H,9-10,12-15H2,1H3,(H,22,23). The van der Waals surface area contributed by atoms with E-state index < -0.39 is 0 Å². The molecule has 0 aliphatic carbocycles. The van der Waals surface area contributed by atoms with E-state index in [2.05, 4.69) is 58.3 Å². The first kappa shape index (κ1) is 16.3. The molecule has 4 rings (SSSR count). The van der Waals surface area contributed by atoms with E-state index in [0.717, 1.165) is 44.8 Å². The summed E-state index contributed by atoms with van der Waals surface area (Å²) in [6.07, 6.45) is 4.04. The fourth-order valence-electron chi connectivity index (χ4n) is 3.82. The van der Waals surface area contributed by atoms with Gasteiger partial charge in [0.25, 0.3) is 0 Å². The van der Waals surface area contributed by atoms with Crippen LogP contribution < -0.4 is 0 Å². The minimum Gasteiger partial charge on any atom is -0.381 e. The van der Waals surface area contributed by atoms with Gasteiger partial charge in [-0.2, -0.15) is 0 Å². The summed E-state index contributed by atoms with van der Waals surface area (Å²) >= 11 is 0. The predicted octanol–water partition coefficient (Wildman–Crippen LogP) is 4.09. The van der Waals surface area contributed by atoms with Gasteiger partial charge in [-0.25, -0.2) is 4.98 Å². The maximum atomic E-state index is 5.56. The van der Waals surface area contributed by atoms with Crippen molar-refractivity contribution >= 4 is 11.0 Å². The van der Waals surface area contributed by atoms with Gasteiger partial charge in [0.2, 0.25) is 0 Å². The van der Waals surface area contributed by atoms with Crippen LogP contribution in [0.25, 0.3) is 11.0 Å². The van der Waals surface area contributed by atoms with Crippen LogP contribution in [0.4, 0.5) is 0 Å². The average molecular weight is 335 g/mol. The van der Waals surface area contributed by atoms with Crippen molar-refractivity contribution < 1.29 is 4.74 Å². The second kappa shape index (κ2) is 7.38. The Bertz CT molecular complexity index is 822. The zero-order chi connectivity index (χ0) is 17.1. The highest BCUT2D eigenvalue weighted by Crippen LogP contribution is 2.33. The Balaban J connectivity index is 1.62. The SMILES string of the molecule is CN(Cc1ccccc1)Cc1c(C2CCOCC2)[nH]c2ncccc12. The van der Waals surface area contributed by atoms with Gasteiger partial charge in [0.1, 0.15) is 5.65 Å². The normalized spacial score (nSPS) is 15.9. The van der Waals surface area contributed by atoms with Crippen molar-refractivity contribution in [3.05, 3.63) is 65.5 Å². The molecule has 0 atom stereocenters. The van der Waals surface area contributed by atoms with Crippen molar-refractivity contribution in [1.82, 2.24) is 14.9 Å². The van der Waals surface area contributed by atoms with Gasteiger partial charge >= 0.3 is 0 Å².